The molecule has 0 aromatic carbocycles. The molecule has 1 aliphatic rings. The van der Waals surface area contributed by atoms with Crippen molar-refractivity contribution in [2.75, 3.05) is 20.3 Å². The lowest BCUT2D eigenvalue weighted by Crippen LogP contribution is -2.46. The molecule has 1 heterocycles. The first-order valence-electron chi connectivity index (χ1n) is 6.33. The van der Waals surface area contributed by atoms with Crippen LogP contribution in [0.25, 0.3) is 0 Å². The maximum Gasteiger partial charge on any atom is 0.305 e. The van der Waals surface area contributed by atoms with Crippen molar-refractivity contribution < 1.29 is 19.4 Å². The number of carboxylic acid groups (broad SMARTS) is 1. The van der Waals surface area contributed by atoms with E-state index >= 15 is 0 Å². The summed E-state index contributed by atoms with van der Waals surface area (Å²) < 4.78 is 4.91. The van der Waals surface area contributed by atoms with Crippen LogP contribution in [-0.4, -0.2) is 54.2 Å². The predicted octanol–water partition coefficient (Wildman–Crippen LogP) is 0.206. The second-order valence-electron chi connectivity index (χ2n) is 4.67. The summed E-state index contributed by atoms with van der Waals surface area (Å²) in [5, 5.41) is 8.80. The second kappa shape index (κ2) is 7.33. The normalized spacial score (nSPS) is 21.0. The molecule has 0 aromatic heterocycles. The Morgan fingerprint density at radius 1 is 1.56 bits per heavy atom. The largest absolute Gasteiger partial charge is 0.481 e. The molecular formula is C12H22N2O4. The lowest BCUT2D eigenvalue weighted by atomic mass is 10.1. The van der Waals surface area contributed by atoms with Crippen LogP contribution in [-0.2, 0) is 14.3 Å². The standard InChI is InChI=1S/C12H22N2O4/c1-18-7-3-5-10(13)12(17)14-6-2-4-9(14)8-11(15)16/h9-10H,2-8,13H2,1H3,(H,15,16). The third-order valence-corrected chi connectivity index (χ3v) is 3.25. The molecule has 6 nitrogen and oxygen atoms in total. The van der Waals surface area contributed by atoms with Crippen LogP contribution < -0.4 is 5.73 Å². The number of carbonyl (C=O) groups is 2. The number of nitrogens with zero attached hydrogens (tertiary/aromatic N) is 1. The van der Waals surface area contributed by atoms with Crippen molar-refractivity contribution in [1.82, 2.24) is 4.90 Å². The molecule has 0 aromatic rings. The summed E-state index contributed by atoms with van der Waals surface area (Å²) in [5.74, 6) is -0.998. The summed E-state index contributed by atoms with van der Waals surface area (Å²) >= 11 is 0. The van der Waals surface area contributed by atoms with Crippen LogP contribution in [0.2, 0.25) is 0 Å². The van der Waals surface area contributed by atoms with Gasteiger partial charge in [0.25, 0.3) is 0 Å². The Hall–Kier alpha value is -1.14. The fourth-order valence-corrected chi connectivity index (χ4v) is 2.32. The molecule has 0 spiro atoms. The number of nitrogens with two attached hydrogens (primary N) is 1. The maximum absolute atomic E-state index is 12.1. The zero-order valence-electron chi connectivity index (χ0n) is 10.8. The molecule has 1 amide bonds. The second-order valence-corrected chi connectivity index (χ2v) is 4.67. The fraction of sp³-hybridized carbons (Fsp3) is 0.833. The Bertz CT molecular complexity index is 296. The van der Waals surface area contributed by atoms with E-state index in [1.807, 2.05) is 0 Å². The Labute approximate surface area is 107 Å². The molecule has 1 rings (SSSR count). The van der Waals surface area contributed by atoms with E-state index in [0.717, 1.165) is 19.3 Å². The Morgan fingerprint density at radius 2 is 2.28 bits per heavy atom. The van der Waals surface area contributed by atoms with E-state index in [2.05, 4.69) is 0 Å². The molecular weight excluding hydrogens is 236 g/mol. The first kappa shape index (κ1) is 14.9. The van der Waals surface area contributed by atoms with Gasteiger partial charge in [-0.1, -0.05) is 0 Å². The molecule has 18 heavy (non-hydrogen) atoms. The van der Waals surface area contributed by atoms with Crippen molar-refractivity contribution in [1.29, 1.82) is 0 Å². The van der Waals surface area contributed by atoms with E-state index in [1.54, 1.807) is 12.0 Å². The Kier molecular flexibility index (Phi) is 6.07. The summed E-state index contributed by atoms with van der Waals surface area (Å²) in [7, 11) is 1.61. The molecule has 104 valence electrons. The van der Waals surface area contributed by atoms with Gasteiger partial charge in [-0.2, -0.15) is 0 Å². The van der Waals surface area contributed by atoms with E-state index < -0.39 is 12.0 Å². The SMILES string of the molecule is COCCCC(N)C(=O)N1CCCC1CC(=O)O. The van der Waals surface area contributed by atoms with Crippen molar-refractivity contribution in [3.63, 3.8) is 0 Å². The minimum atomic E-state index is -0.868. The molecule has 0 aliphatic carbocycles. The van der Waals surface area contributed by atoms with Gasteiger partial charge in [0.15, 0.2) is 0 Å². The number of hydrogen-bond acceptors (Lipinski definition) is 4. The first-order chi connectivity index (χ1) is 8.56. The third-order valence-electron chi connectivity index (χ3n) is 3.25. The van der Waals surface area contributed by atoms with Crippen LogP contribution in [0.1, 0.15) is 32.1 Å². The van der Waals surface area contributed by atoms with Crippen molar-refractivity contribution in [3.8, 4) is 0 Å². The van der Waals surface area contributed by atoms with Gasteiger partial charge in [-0.15, -0.1) is 0 Å². The molecule has 0 bridgehead atoms. The van der Waals surface area contributed by atoms with Gasteiger partial charge in [-0.05, 0) is 25.7 Å². The van der Waals surface area contributed by atoms with E-state index in [4.69, 9.17) is 15.6 Å². The highest BCUT2D eigenvalue weighted by atomic mass is 16.5. The van der Waals surface area contributed by atoms with Gasteiger partial charge < -0.3 is 20.5 Å². The van der Waals surface area contributed by atoms with Crippen molar-refractivity contribution in [2.45, 2.75) is 44.2 Å². The molecule has 1 aliphatic heterocycles. The van der Waals surface area contributed by atoms with Crippen LogP contribution in [0.3, 0.4) is 0 Å². The van der Waals surface area contributed by atoms with Gasteiger partial charge in [-0.25, -0.2) is 0 Å². The third kappa shape index (κ3) is 4.27. The van der Waals surface area contributed by atoms with E-state index in [-0.39, 0.29) is 18.4 Å². The topological polar surface area (TPSA) is 92.9 Å². The number of rotatable bonds is 7. The highest BCUT2D eigenvalue weighted by molar-refractivity contribution is 5.82. The first-order valence-corrected chi connectivity index (χ1v) is 6.33. The lowest BCUT2D eigenvalue weighted by Gasteiger charge is -2.26. The predicted molar refractivity (Wildman–Crippen MR) is 66.1 cm³/mol. The number of likely N-dealkylation sites (tertiary alicyclic amines) is 1. The van der Waals surface area contributed by atoms with E-state index in [0.29, 0.717) is 19.6 Å². The summed E-state index contributed by atoms with van der Waals surface area (Å²) in [6, 6.07) is -0.738. The average molecular weight is 258 g/mol. The van der Waals surface area contributed by atoms with Crippen molar-refractivity contribution in [2.24, 2.45) is 5.73 Å². The number of amides is 1. The van der Waals surface area contributed by atoms with E-state index in [1.165, 1.54) is 0 Å². The quantitative estimate of drug-likeness (QED) is 0.637. The van der Waals surface area contributed by atoms with Crippen molar-refractivity contribution in [3.05, 3.63) is 0 Å². The van der Waals surface area contributed by atoms with Crippen LogP contribution >= 0.6 is 0 Å². The van der Waals surface area contributed by atoms with E-state index in [9.17, 15) is 9.59 Å². The monoisotopic (exact) mass is 258 g/mol. The molecule has 2 unspecified atom stereocenters. The van der Waals surface area contributed by atoms with Gasteiger partial charge in [0.05, 0.1) is 12.5 Å². The van der Waals surface area contributed by atoms with Crippen LogP contribution in [0.5, 0.6) is 0 Å². The Balaban J connectivity index is 2.45. The van der Waals surface area contributed by atoms with Gasteiger partial charge in [0.2, 0.25) is 5.91 Å². The molecule has 6 heteroatoms. The minimum absolute atomic E-state index is 0.0104. The van der Waals surface area contributed by atoms with Gasteiger partial charge in [0, 0.05) is 26.3 Å². The zero-order valence-corrected chi connectivity index (χ0v) is 10.8. The number of carbonyl (C=O) groups excluding carboxylic acids is 1. The summed E-state index contributed by atoms with van der Waals surface area (Å²) in [5.41, 5.74) is 5.84. The van der Waals surface area contributed by atoms with Crippen LogP contribution in [0.4, 0.5) is 0 Å². The molecule has 0 saturated carbocycles. The Morgan fingerprint density at radius 3 is 2.89 bits per heavy atom. The molecule has 3 N–H and O–H groups in total. The maximum atomic E-state index is 12.1. The van der Waals surface area contributed by atoms with Gasteiger partial charge in [0.1, 0.15) is 0 Å². The van der Waals surface area contributed by atoms with Crippen LogP contribution in [0, 0.1) is 0 Å². The molecule has 1 saturated heterocycles. The number of hydrogen-bond donors (Lipinski definition) is 2. The van der Waals surface area contributed by atoms with Crippen molar-refractivity contribution >= 4 is 11.9 Å². The lowest BCUT2D eigenvalue weighted by molar-refractivity contribution is -0.140. The summed E-state index contributed by atoms with van der Waals surface area (Å²) in [6.45, 7) is 1.20. The number of carboxylic acids is 1. The number of ether oxygens (including phenoxy) is 1. The number of methoxy groups -OCH3 is 1. The number of aliphatic carboxylic acids is 1. The summed E-state index contributed by atoms with van der Waals surface area (Å²) in [6.07, 6.45) is 2.93. The highest BCUT2D eigenvalue weighted by Crippen LogP contribution is 2.21. The van der Waals surface area contributed by atoms with Gasteiger partial charge >= 0.3 is 5.97 Å². The zero-order chi connectivity index (χ0) is 13.5. The fourth-order valence-electron chi connectivity index (χ4n) is 2.32. The minimum Gasteiger partial charge on any atom is -0.481 e. The average Bonchev–Trinajstić information content (AvgIpc) is 2.75. The van der Waals surface area contributed by atoms with Crippen LogP contribution in [0.15, 0.2) is 0 Å². The highest BCUT2D eigenvalue weighted by Gasteiger charge is 2.32. The molecule has 2 atom stereocenters. The summed E-state index contributed by atoms with van der Waals surface area (Å²) in [4.78, 5) is 24.4. The molecule has 0 radical (unpaired) electrons. The van der Waals surface area contributed by atoms with Gasteiger partial charge in [-0.3, -0.25) is 9.59 Å². The molecule has 1 fully saturated rings. The smallest absolute Gasteiger partial charge is 0.305 e.